The zero-order chi connectivity index (χ0) is 11.5. The van der Waals surface area contributed by atoms with E-state index in [0.717, 1.165) is 5.56 Å². The van der Waals surface area contributed by atoms with Crippen molar-refractivity contribution in [1.29, 1.82) is 0 Å². The number of anilines is 1. The highest BCUT2D eigenvalue weighted by atomic mass is 16.5. The summed E-state index contributed by atoms with van der Waals surface area (Å²) in [5, 5.41) is 0. The van der Waals surface area contributed by atoms with E-state index in [0.29, 0.717) is 18.8 Å². The minimum atomic E-state index is -0.408. The lowest BCUT2D eigenvalue weighted by Crippen LogP contribution is -2.33. The maximum absolute atomic E-state index is 11.6. The Morgan fingerprint density at radius 3 is 3.19 bits per heavy atom. The van der Waals surface area contributed by atoms with E-state index in [1.165, 1.54) is 4.90 Å². The van der Waals surface area contributed by atoms with Crippen LogP contribution in [0.15, 0.2) is 18.3 Å². The van der Waals surface area contributed by atoms with Crippen molar-refractivity contribution < 1.29 is 14.3 Å². The van der Waals surface area contributed by atoms with Crippen LogP contribution in [0.5, 0.6) is 0 Å². The third kappa shape index (κ3) is 1.88. The number of hydrogen-bond acceptors (Lipinski definition) is 4. The van der Waals surface area contributed by atoms with Gasteiger partial charge in [-0.25, -0.2) is 4.98 Å². The lowest BCUT2D eigenvalue weighted by molar-refractivity contribution is -0.142. The molecule has 2 heterocycles. The van der Waals surface area contributed by atoms with Crippen LogP contribution in [0.3, 0.4) is 0 Å². The highest BCUT2D eigenvalue weighted by Crippen LogP contribution is 2.25. The van der Waals surface area contributed by atoms with E-state index in [1.54, 1.807) is 19.2 Å². The predicted octanol–water partition coefficient (Wildman–Crippen LogP) is 0.534. The molecule has 1 amide bonds. The van der Waals surface area contributed by atoms with E-state index in [1.807, 2.05) is 6.07 Å². The smallest absolute Gasteiger partial charge is 0.326 e. The third-order valence-corrected chi connectivity index (χ3v) is 2.36. The Morgan fingerprint density at radius 1 is 1.62 bits per heavy atom. The van der Waals surface area contributed by atoms with Gasteiger partial charge in [0, 0.05) is 11.8 Å². The Morgan fingerprint density at radius 2 is 2.44 bits per heavy atom. The van der Waals surface area contributed by atoms with Gasteiger partial charge < -0.3 is 4.74 Å². The number of hydrogen-bond donors (Lipinski definition) is 0. The Bertz CT molecular complexity index is 431. The van der Waals surface area contributed by atoms with E-state index in [4.69, 9.17) is 4.74 Å². The molecule has 0 saturated carbocycles. The molecule has 1 aliphatic heterocycles. The molecule has 0 spiro atoms. The highest BCUT2D eigenvalue weighted by molar-refractivity contribution is 6.03. The average Bonchev–Trinajstić information content (AvgIpc) is 2.56. The molecule has 0 unspecified atom stereocenters. The van der Waals surface area contributed by atoms with Crippen LogP contribution in [0.4, 0.5) is 5.82 Å². The molecular formula is C11H12N2O3. The van der Waals surface area contributed by atoms with E-state index in [2.05, 4.69) is 4.98 Å². The zero-order valence-electron chi connectivity index (χ0n) is 8.97. The van der Waals surface area contributed by atoms with E-state index in [9.17, 15) is 9.59 Å². The number of carbonyl (C=O) groups is 2. The van der Waals surface area contributed by atoms with Crippen LogP contribution in [0.25, 0.3) is 0 Å². The van der Waals surface area contributed by atoms with Crippen LogP contribution < -0.4 is 4.90 Å². The standard InChI is InChI=1S/C11H12N2O3/c1-2-16-10(15)7-13-9(14)6-8-4-3-5-12-11(8)13/h3-5H,2,6-7H2,1H3. The number of nitrogens with zero attached hydrogens (tertiary/aromatic N) is 2. The second kappa shape index (κ2) is 4.30. The van der Waals surface area contributed by atoms with Gasteiger partial charge >= 0.3 is 5.97 Å². The summed E-state index contributed by atoms with van der Waals surface area (Å²) in [7, 11) is 0. The number of aromatic nitrogens is 1. The monoisotopic (exact) mass is 220 g/mol. The Labute approximate surface area is 93.0 Å². The molecule has 0 radical (unpaired) electrons. The zero-order valence-corrected chi connectivity index (χ0v) is 8.97. The van der Waals surface area contributed by atoms with Crippen molar-refractivity contribution in [2.24, 2.45) is 0 Å². The summed E-state index contributed by atoms with van der Waals surface area (Å²) in [6.45, 7) is 1.99. The number of carbonyl (C=O) groups excluding carboxylic acids is 2. The molecule has 2 rings (SSSR count). The summed E-state index contributed by atoms with van der Waals surface area (Å²) in [6, 6.07) is 3.62. The van der Waals surface area contributed by atoms with Crippen LogP contribution in [-0.4, -0.2) is 30.0 Å². The van der Waals surface area contributed by atoms with Crippen molar-refractivity contribution in [3.05, 3.63) is 23.9 Å². The van der Waals surface area contributed by atoms with Gasteiger partial charge in [-0.15, -0.1) is 0 Å². The third-order valence-electron chi connectivity index (χ3n) is 2.36. The highest BCUT2D eigenvalue weighted by Gasteiger charge is 2.29. The Balaban J connectivity index is 2.16. The summed E-state index contributed by atoms with van der Waals surface area (Å²) < 4.78 is 4.81. The maximum Gasteiger partial charge on any atom is 0.326 e. The number of rotatable bonds is 3. The van der Waals surface area contributed by atoms with Gasteiger partial charge in [-0.3, -0.25) is 14.5 Å². The summed E-state index contributed by atoms with van der Waals surface area (Å²) in [5.74, 6) is 0.0525. The van der Waals surface area contributed by atoms with Crippen LogP contribution in [-0.2, 0) is 20.7 Å². The fourth-order valence-electron chi connectivity index (χ4n) is 1.69. The van der Waals surface area contributed by atoms with Crippen molar-refractivity contribution in [1.82, 2.24) is 4.98 Å². The van der Waals surface area contributed by atoms with Gasteiger partial charge in [0.1, 0.15) is 12.4 Å². The number of fused-ring (bicyclic) bond motifs is 1. The molecule has 84 valence electrons. The molecule has 16 heavy (non-hydrogen) atoms. The van der Waals surface area contributed by atoms with Crippen LogP contribution in [0, 0.1) is 0 Å². The molecule has 1 aromatic heterocycles. The summed E-state index contributed by atoms with van der Waals surface area (Å²) in [6.07, 6.45) is 1.91. The number of ether oxygens (including phenoxy) is 1. The molecule has 0 aliphatic carbocycles. The van der Waals surface area contributed by atoms with Crippen LogP contribution in [0.2, 0.25) is 0 Å². The second-order valence-corrected chi connectivity index (χ2v) is 3.45. The first-order chi connectivity index (χ1) is 7.72. The summed E-state index contributed by atoms with van der Waals surface area (Å²) in [4.78, 5) is 28.4. The molecule has 0 saturated heterocycles. The number of amides is 1. The largest absolute Gasteiger partial charge is 0.465 e. The van der Waals surface area contributed by atoms with Crippen LogP contribution in [0.1, 0.15) is 12.5 Å². The van der Waals surface area contributed by atoms with Gasteiger partial charge in [0.15, 0.2) is 0 Å². The van der Waals surface area contributed by atoms with Gasteiger partial charge in [-0.05, 0) is 13.0 Å². The van der Waals surface area contributed by atoms with E-state index < -0.39 is 5.97 Å². The van der Waals surface area contributed by atoms with Crippen molar-refractivity contribution in [2.45, 2.75) is 13.3 Å². The van der Waals surface area contributed by atoms with Crippen molar-refractivity contribution >= 4 is 17.7 Å². The van der Waals surface area contributed by atoms with Gasteiger partial charge in [-0.1, -0.05) is 6.07 Å². The van der Waals surface area contributed by atoms with Crippen molar-refractivity contribution in [3.63, 3.8) is 0 Å². The molecule has 0 aromatic carbocycles. The molecule has 0 N–H and O–H groups in total. The van der Waals surface area contributed by atoms with Gasteiger partial charge in [0.2, 0.25) is 5.91 Å². The SMILES string of the molecule is CCOC(=O)CN1C(=O)Cc2cccnc21. The summed E-state index contributed by atoms with van der Waals surface area (Å²) >= 11 is 0. The van der Waals surface area contributed by atoms with Crippen molar-refractivity contribution in [3.8, 4) is 0 Å². The lowest BCUT2D eigenvalue weighted by Gasteiger charge is -2.14. The number of esters is 1. The molecule has 0 bridgehead atoms. The average molecular weight is 220 g/mol. The fourth-order valence-corrected chi connectivity index (χ4v) is 1.69. The molecular weight excluding hydrogens is 208 g/mol. The van der Waals surface area contributed by atoms with Crippen molar-refractivity contribution in [2.75, 3.05) is 18.1 Å². The van der Waals surface area contributed by atoms with Gasteiger partial charge in [0.25, 0.3) is 0 Å². The summed E-state index contributed by atoms with van der Waals surface area (Å²) in [5.41, 5.74) is 0.858. The minimum absolute atomic E-state index is 0.0588. The first kappa shape index (κ1) is 10.6. The normalized spacial score (nSPS) is 13.8. The molecule has 5 heteroatoms. The molecule has 0 fully saturated rings. The maximum atomic E-state index is 11.6. The van der Waals surface area contributed by atoms with Crippen LogP contribution >= 0.6 is 0 Å². The number of pyridine rings is 1. The second-order valence-electron chi connectivity index (χ2n) is 3.45. The van der Waals surface area contributed by atoms with Gasteiger partial charge in [-0.2, -0.15) is 0 Å². The molecule has 0 atom stereocenters. The minimum Gasteiger partial charge on any atom is -0.465 e. The topological polar surface area (TPSA) is 59.5 Å². The Kier molecular flexibility index (Phi) is 2.85. The first-order valence-electron chi connectivity index (χ1n) is 5.12. The van der Waals surface area contributed by atoms with Gasteiger partial charge in [0.05, 0.1) is 13.0 Å². The quantitative estimate of drug-likeness (QED) is 0.697. The Hall–Kier alpha value is -1.91. The van der Waals surface area contributed by atoms with E-state index >= 15 is 0 Å². The molecule has 5 nitrogen and oxygen atoms in total. The lowest BCUT2D eigenvalue weighted by atomic mass is 10.2. The van der Waals surface area contributed by atoms with E-state index in [-0.39, 0.29) is 12.5 Å². The molecule has 1 aromatic rings. The first-order valence-corrected chi connectivity index (χ1v) is 5.12. The fraction of sp³-hybridized carbons (Fsp3) is 0.364. The predicted molar refractivity (Wildman–Crippen MR) is 56.9 cm³/mol. The molecule has 1 aliphatic rings.